The molecule has 1 aromatic carbocycles. The number of aliphatic hydroxyl groups is 1. The van der Waals surface area contributed by atoms with Crippen LogP contribution in [0.4, 0.5) is 0 Å². The molecule has 1 amide bonds. The number of hydrogen-bond donors (Lipinski definition) is 2. The van der Waals surface area contributed by atoms with E-state index >= 15 is 0 Å². The first-order valence-electron chi connectivity index (χ1n) is 8.25. The molecule has 0 bridgehead atoms. The van der Waals surface area contributed by atoms with Gasteiger partial charge in [-0.25, -0.2) is 0 Å². The number of aliphatic hydroxyl groups excluding tert-OH is 1. The van der Waals surface area contributed by atoms with Gasteiger partial charge in [0.05, 0.1) is 11.5 Å². The molecule has 1 fully saturated rings. The largest absolute Gasteiger partial charge is 0.481 e. The van der Waals surface area contributed by atoms with Crippen molar-refractivity contribution in [3.05, 3.63) is 35.4 Å². The first kappa shape index (κ1) is 17.5. The smallest absolute Gasteiger partial charge is 0.312 e. The molecule has 0 saturated carbocycles. The lowest BCUT2D eigenvalue weighted by Gasteiger charge is -2.42. The third-order valence-electron chi connectivity index (χ3n) is 4.90. The van der Waals surface area contributed by atoms with Gasteiger partial charge in [0.1, 0.15) is 0 Å². The molecule has 5 nitrogen and oxygen atoms in total. The van der Waals surface area contributed by atoms with Crippen LogP contribution in [0.3, 0.4) is 0 Å². The lowest BCUT2D eigenvalue weighted by molar-refractivity contribution is -0.162. The van der Waals surface area contributed by atoms with Crippen LogP contribution < -0.4 is 0 Å². The van der Waals surface area contributed by atoms with Crippen molar-refractivity contribution in [2.75, 3.05) is 13.1 Å². The predicted molar refractivity (Wildman–Crippen MR) is 87.3 cm³/mol. The van der Waals surface area contributed by atoms with E-state index in [2.05, 4.69) is 0 Å². The highest BCUT2D eigenvalue weighted by Crippen LogP contribution is 2.37. The van der Waals surface area contributed by atoms with Crippen molar-refractivity contribution in [3.8, 4) is 0 Å². The quantitative estimate of drug-likeness (QED) is 0.873. The van der Waals surface area contributed by atoms with Gasteiger partial charge >= 0.3 is 5.97 Å². The summed E-state index contributed by atoms with van der Waals surface area (Å²) in [6.07, 6.45) is 1.13. The third kappa shape index (κ3) is 3.24. The monoisotopic (exact) mass is 319 g/mol. The number of benzene rings is 1. The number of carbonyl (C=O) groups excluding carboxylic acids is 1. The topological polar surface area (TPSA) is 77.8 Å². The summed E-state index contributed by atoms with van der Waals surface area (Å²) in [5.41, 5.74) is 0.478. The van der Waals surface area contributed by atoms with Crippen molar-refractivity contribution >= 4 is 11.9 Å². The van der Waals surface area contributed by atoms with Crippen molar-refractivity contribution in [3.63, 3.8) is 0 Å². The maximum atomic E-state index is 12.7. The van der Waals surface area contributed by atoms with E-state index in [0.717, 1.165) is 12.0 Å². The Kier molecular flexibility index (Phi) is 5.42. The van der Waals surface area contributed by atoms with Crippen molar-refractivity contribution in [2.24, 2.45) is 5.41 Å². The zero-order valence-electron chi connectivity index (χ0n) is 13.8. The van der Waals surface area contributed by atoms with Crippen LogP contribution in [0.2, 0.25) is 0 Å². The maximum Gasteiger partial charge on any atom is 0.312 e. The molecule has 1 aliphatic rings. The second-order valence-corrected chi connectivity index (χ2v) is 6.24. The van der Waals surface area contributed by atoms with E-state index in [1.165, 1.54) is 0 Å². The number of rotatable bonds is 5. The number of aryl methyl sites for hydroxylation is 1. The summed E-state index contributed by atoms with van der Waals surface area (Å²) in [6.45, 7) is 4.34. The number of likely N-dealkylation sites (tertiary alicyclic amines) is 1. The van der Waals surface area contributed by atoms with Gasteiger partial charge in [0.15, 0.2) is 0 Å². The number of piperidine rings is 1. The Hall–Kier alpha value is -1.88. The van der Waals surface area contributed by atoms with Crippen molar-refractivity contribution in [1.29, 1.82) is 0 Å². The Morgan fingerprint density at radius 1 is 1.30 bits per heavy atom. The second-order valence-electron chi connectivity index (χ2n) is 6.24. The van der Waals surface area contributed by atoms with E-state index in [1.807, 2.05) is 32.0 Å². The van der Waals surface area contributed by atoms with E-state index in [0.29, 0.717) is 24.9 Å². The Bertz CT molecular complexity index is 586. The van der Waals surface area contributed by atoms with Crippen LogP contribution in [0.25, 0.3) is 0 Å². The van der Waals surface area contributed by atoms with E-state index < -0.39 is 17.5 Å². The molecule has 1 aromatic rings. The van der Waals surface area contributed by atoms with Gasteiger partial charge in [-0.15, -0.1) is 0 Å². The summed E-state index contributed by atoms with van der Waals surface area (Å²) >= 11 is 0. The molecule has 2 atom stereocenters. The van der Waals surface area contributed by atoms with Gasteiger partial charge in [-0.1, -0.05) is 38.5 Å². The van der Waals surface area contributed by atoms with Gasteiger partial charge in [0, 0.05) is 18.7 Å². The van der Waals surface area contributed by atoms with E-state index in [-0.39, 0.29) is 18.9 Å². The number of amides is 1. The number of carboxylic acids is 1. The number of nitrogens with zero attached hydrogens (tertiary/aromatic N) is 1. The predicted octanol–water partition coefficient (Wildman–Crippen LogP) is 2.33. The summed E-state index contributed by atoms with van der Waals surface area (Å²) in [4.78, 5) is 26.0. The Balaban J connectivity index is 2.19. The highest BCUT2D eigenvalue weighted by molar-refractivity contribution is 5.96. The fourth-order valence-corrected chi connectivity index (χ4v) is 3.46. The zero-order chi connectivity index (χ0) is 17.0. The molecule has 1 aliphatic heterocycles. The normalized spacial score (nSPS) is 24.5. The first-order chi connectivity index (χ1) is 11.0. The molecule has 1 heterocycles. The van der Waals surface area contributed by atoms with E-state index in [1.54, 1.807) is 11.0 Å². The van der Waals surface area contributed by atoms with Crippen LogP contribution in [-0.4, -0.2) is 46.2 Å². The number of carbonyl (C=O) groups is 2. The Morgan fingerprint density at radius 2 is 2.00 bits per heavy atom. The molecule has 2 N–H and O–H groups in total. The maximum absolute atomic E-state index is 12.7. The summed E-state index contributed by atoms with van der Waals surface area (Å²) < 4.78 is 0. The van der Waals surface area contributed by atoms with Gasteiger partial charge in [-0.05, 0) is 30.9 Å². The fourth-order valence-electron chi connectivity index (χ4n) is 3.46. The first-order valence-corrected chi connectivity index (χ1v) is 8.25. The van der Waals surface area contributed by atoms with Crippen LogP contribution in [0.1, 0.15) is 49.0 Å². The molecular formula is C18H25NO4. The van der Waals surface area contributed by atoms with Crippen molar-refractivity contribution < 1.29 is 19.8 Å². The van der Waals surface area contributed by atoms with Crippen LogP contribution in [0.15, 0.2) is 24.3 Å². The number of carboxylic acid groups (broad SMARTS) is 1. The molecular weight excluding hydrogens is 294 g/mol. The fraction of sp³-hybridized carbons (Fsp3) is 0.556. The Labute approximate surface area is 136 Å². The van der Waals surface area contributed by atoms with E-state index in [9.17, 15) is 19.8 Å². The highest BCUT2D eigenvalue weighted by Gasteiger charge is 2.48. The van der Waals surface area contributed by atoms with Gasteiger partial charge in [-0.2, -0.15) is 0 Å². The minimum atomic E-state index is -1.13. The highest BCUT2D eigenvalue weighted by atomic mass is 16.4. The SMILES string of the molecule is CCC[C@]1(C(=O)O)CCN(C(=O)c2ccccc2CC)C[C@@H]1O. The lowest BCUT2D eigenvalue weighted by atomic mass is 9.72. The van der Waals surface area contributed by atoms with Gasteiger partial charge in [0.2, 0.25) is 0 Å². The number of hydrogen-bond acceptors (Lipinski definition) is 3. The van der Waals surface area contributed by atoms with Crippen LogP contribution in [0, 0.1) is 5.41 Å². The molecule has 2 rings (SSSR count). The van der Waals surface area contributed by atoms with Gasteiger partial charge < -0.3 is 15.1 Å². The van der Waals surface area contributed by atoms with Crippen LogP contribution in [-0.2, 0) is 11.2 Å². The van der Waals surface area contributed by atoms with E-state index in [4.69, 9.17) is 0 Å². The molecule has 23 heavy (non-hydrogen) atoms. The molecule has 0 aromatic heterocycles. The van der Waals surface area contributed by atoms with Gasteiger partial charge in [0.25, 0.3) is 5.91 Å². The average molecular weight is 319 g/mol. The third-order valence-corrected chi connectivity index (χ3v) is 4.90. The molecule has 126 valence electrons. The standard InChI is InChI=1S/C18H25NO4/c1-3-9-18(17(22)23)10-11-19(12-15(18)20)16(21)14-8-6-5-7-13(14)4-2/h5-8,15,20H,3-4,9-12H2,1-2H3,(H,22,23)/t15-,18-/m0/s1. The average Bonchev–Trinajstić information content (AvgIpc) is 2.55. The second kappa shape index (κ2) is 7.13. The van der Waals surface area contributed by atoms with Crippen molar-refractivity contribution in [2.45, 2.75) is 45.6 Å². The molecule has 0 unspecified atom stereocenters. The summed E-state index contributed by atoms with van der Waals surface area (Å²) in [7, 11) is 0. The zero-order valence-corrected chi connectivity index (χ0v) is 13.8. The minimum Gasteiger partial charge on any atom is -0.481 e. The summed E-state index contributed by atoms with van der Waals surface area (Å²) in [6, 6.07) is 7.44. The van der Waals surface area contributed by atoms with Crippen molar-refractivity contribution in [1.82, 2.24) is 4.90 Å². The Morgan fingerprint density at radius 3 is 2.57 bits per heavy atom. The minimum absolute atomic E-state index is 0.0726. The number of β-amino-alcohol motifs (C(OH)–C–C–N with tert-alkyl or cyclic N) is 1. The molecule has 0 radical (unpaired) electrons. The summed E-state index contributed by atoms with van der Waals surface area (Å²) in [5.74, 6) is -1.09. The van der Waals surface area contributed by atoms with Crippen LogP contribution in [0.5, 0.6) is 0 Å². The molecule has 0 aliphatic carbocycles. The number of aliphatic carboxylic acids is 1. The van der Waals surface area contributed by atoms with Gasteiger partial charge in [-0.3, -0.25) is 9.59 Å². The van der Waals surface area contributed by atoms with Crippen LogP contribution >= 0.6 is 0 Å². The molecule has 0 spiro atoms. The summed E-state index contributed by atoms with van der Waals surface area (Å²) in [5, 5.41) is 20.0. The lowest BCUT2D eigenvalue weighted by Crippen LogP contribution is -2.56. The molecule has 5 heteroatoms. The molecule has 1 saturated heterocycles.